The summed E-state index contributed by atoms with van der Waals surface area (Å²) in [4.78, 5) is 29.0. The smallest absolute Gasteiger partial charge is 0.465 e. The second-order valence-electron chi connectivity index (χ2n) is 10.4. The van der Waals surface area contributed by atoms with Gasteiger partial charge in [-0.25, -0.2) is 4.79 Å². The van der Waals surface area contributed by atoms with Gasteiger partial charge in [-0.3, -0.25) is 9.69 Å². The molecule has 1 N–H and O–H groups in total. The molecule has 2 aliphatic rings. The molecule has 1 aromatic rings. The van der Waals surface area contributed by atoms with Crippen LogP contribution in [0.25, 0.3) is 0 Å². The van der Waals surface area contributed by atoms with Crippen molar-refractivity contribution >= 4 is 12.0 Å². The van der Waals surface area contributed by atoms with Gasteiger partial charge >= 0.3 is 12.5 Å². The summed E-state index contributed by atoms with van der Waals surface area (Å²) in [6.45, 7) is 6.29. The van der Waals surface area contributed by atoms with E-state index in [1.807, 2.05) is 20.8 Å². The number of ether oxygens (including phenoxy) is 1. The summed E-state index contributed by atoms with van der Waals surface area (Å²) < 4.78 is 42.5. The maximum Gasteiger partial charge on any atom is 0.573 e. The Morgan fingerprint density at radius 3 is 2.35 bits per heavy atom. The van der Waals surface area contributed by atoms with Crippen LogP contribution in [-0.2, 0) is 4.79 Å². The molecule has 6 nitrogen and oxygen atoms in total. The van der Waals surface area contributed by atoms with Crippen molar-refractivity contribution in [3.63, 3.8) is 0 Å². The second-order valence-corrected chi connectivity index (χ2v) is 10.4. The van der Waals surface area contributed by atoms with Gasteiger partial charge in [0.15, 0.2) is 0 Å². The SMILES string of the molecule is CC(C)(C)N(C(=O)O)[C@@H]1CCCN(C(=O)C(c2cccc(OC(F)(F)F)c2)C2CCCCC2)C1. The molecule has 1 aliphatic heterocycles. The summed E-state index contributed by atoms with van der Waals surface area (Å²) in [7, 11) is 0. The first-order chi connectivity index (χ1) is 15.9. The molecule has 0 bridgehead atoms. The summed E-state index contributed by atoms with van der Waals surface area (Å²) in [5.74, 6) is -1.02. The molecule has 1 saturated heterocycles. The molecule has 9 heteroatoms. The van der Waals surface area contributed by atoms with E-state index in [4.69, 9.17) is 0 Å². The number of carboxylic acid groups (broad SMARTS) is 1. The number of likely N-dealkylation sites (tertiary alicyclic amines) is 1. The van der Waals surface area contributed by atoms with Gasteiger partial charge in [-0.15, -0.1) is 13.2 Å². The molecule has 1 aliphatic carbocycles. The Morgan fingerprint density at radius 2 is 1.76 bits per heavy atom. The van der Waals surface area contributed by atoms with Gasteiger partial charge in [0.05, 0.1) is 12.0 Å². The summed E-state index contributed by atoms with van der Waals surface area (Å²) in [5, 5.41) is 9.82. The average Bonchev–Trinajstić information content (AvgIpc) is 2.72. The molecule has 2 amide bonds. The molecular formula is C25H35F3N2O4. The van der Waals surface area contributed by atoms with Crippen molar-refractivity contribution in [1.29, 1.82) is 0 Å². The maximum atomic E-state index is 13.9. The number of nitrogens with zero attached hydrogens (tertiary/aromatic N) is 2. The first kappa shape index (κ1) is 26.2. The zero-order chi connectivity index (χ0) is 25.1. The molecule has 0 spiro atoms. The fourth-order valence-corrected chi connectivity index (χ4v) is 5.54. The lowest BCUT2D eigenvalue weighted by Gasteiger charge is -2.45. The largest absolute Gasteiger partial charge is 0.573 e. The summed E-state index contributed by atoms with van der Waals surface area (Å²) in [5.41, 5.74) is -0.0964. The molecule has 0 aromatic heterocycles. The van der Waals surface area contributed by atoms with E-state index in [2.05, 4.69) is 4.74 Å². The fourth-order valence-electron chi connectivity index (χ4n) is 5.54. The van der Waals surface area contributed by atoms with Gasteiger partial charge in [0.25, 0.3) is 0 Å². The van der Waals surface area contributed by atoms with Crippen LogP contribution in [-0.4, -0.2) is 57.9 Å². The van der Waals surface area contributed by atoms with Crippen LogP contribution >= 0.6 is 0 Å². The second kappa shape index (κ2) is 10.4. The highest BCUT2D eigenvalue weighted by atomic mass is 19.4. The van der Waals surface area contributed by atoms with Crippen LogP contribution in [0, 0.1) is 5.92 Å². The quantitative estimate of drug-likeness (QED) is 0.555. The maximum absolute atomic E-state index is 13.9. The van der Waals surface area contributed by atoms with Gasteiger partial charge in [0.1, 0.15) is 5.75 Å². The molecule has 1 saturated carbocycles. The Balaban J connectivity index is 1.89. The number of amides is 2. The average molecular weight is 485 g/mol. The minimum absolute atomic E-state index is 0.0287. The van der Waals surface area contributed by atoms with Gasteiger partial charge in [0.2, 0.25) is 5.91 Å². The van der Waals surface area contributed by atoms with Crippen LogP contribution in [0.4, 0.5) is 18.0 Å². The first-order valence-corrected chi connectivity index (χ1v) is 12.0. The number of hydrogen-bond acceptors (Lipinski definition) is 3. The van der Waals surface area contributed by atoms with Crippen molar-refractivity contribution in [2.45, 2.75) is 89.6 Å². The van der Waals surface area contributed by atoms with Gasteiger partial charge in [-0.2, -0.15) is 0 Å². The number of benzene rings is 1. The van der Waals surface area contributed by atoms with Crippen molar-refractivity contribution in [1.82, 2.24) is 9.80 Å². The Kier molecular flexibility index (Phi) is 8.03. The molecular weight excluding hydrogens is 449 g/mol. The zero-order valence-corrected chi connectivity index (χ0v) is 20.1. The Hall–Kier alpha value is -2.45. The van der Waals surface area contributed by atoms with Crippen LogP contribution in [0.3, 0.4) is 0 Å². The van der Waals surface area contributed by atoms with Crippen LogP contribution in [0.2, 0.25) is 0 Å². The number of carbonyl (C=O) groups is 2. The minimum atomic E-state index is -4.81. The van der Waals surface area contributed by atoms with E-state index in [1.165, 1.54) is 23.1 Å². The van der Waals surface area contributed by atoms with Crippen LogP contribution in [0.5, 0.6) is 5.75 Å². The third kappa shape index (κ3) is 6.57. The summed E-state index contributed by atoms with van der Waals surface area (Å²) in [6.07, 6.45) is 0.214. The molecule has 190 valence electrons. The lowest BCUT2D eigenvalue weighted by atomic mass is 9.76. The Morgan fingerprint density at radius 1 is 1.09 bits per heavy atom. The van der Waals surface area contributed by atoms with Crippen molar-refractivity contribution in [2.75, 3.05) is 13.1 Å². The molecule has 1 unspecified atom stereocenters. The van der Waals surface area contributed by atoms with Gasteiger partial charge in [0, 0.05) is 18.6 Å². The van der Waals surface area contributed by atoms with Crippen LogP contribution < -0.4 is 4.74 Å². The topological polar surface area (TPSA) is 70.1 Å². The van der Waals surface area contributed by atoms with Gasteiger partial charge in [-0.05, 0) is 70.1 Å². The van der Waals surface area contributed by atoms with Crippen molar-refractivity contribution < 1.29 is 32.6 Å². The van der Waals surface area contributed by atoms with E-state index < -0.39 is 23.9 Å². The summed E-state index contributed by atoms with van der Waals surface area (Å²) >= 11 is 0. The van der Waals surface area contributed by atoms with Crippen LogP contribution in [0.1, 0.15) is 77.2 Å². The zero-order valence-electron chi connectivity index (χ0n) is 20.1. The molecule has 2 atom stereocenters. The van der Waals surface area contributed by atoms with E-state index >= 15 is 0 Å². The number of alkyl halides is 3. The Labute approximate surface area is 199 Å². The first-order valence-electron chi connectivity index (χ1n) is 12.0. The minimum Gasteiger partial charge on any atom is -0.465 e. The van der Waals surface area contributed by atoms with Gasteiger partial charge in [-0.1, -0.05) is 31.4 Å². The number of carbonyl (C=O) groups excluding carboxylic acids is 1. The fraction of sp³-hybridized carbons (Fsp3) is 0.680. The molecule has 3 rings (SSSR count). The number of halogens is 3. The Bertz CT molecular complexity index is 862. The van der Waals surface area contributed by atoms with Gasteiger partial charge < -0.3 is 14.7 Å². The van der Waals surface area contributed by atoms with Crippen LogP contribution in [0.15, 0.2) is 24.3 Å². The number of piperidine rings is 1. The molecule has 1 aromatic carbocycles. The predicted molar refractivity (Wildman–Crippen MR) is 122 cm³/mol. The lowest BCUT2D eigenvalue weighted by Crippen LogP contribution is -2.58. The van der Waals surface area contributed by atoms with Crippen molar-refractivity contribution in [3.8, 4) is 5.75 Å². The third-order valence-corrected chi connectivity index (χ3v) is 6.84. The highest BCUT2D eigenvalue weighted by molar-refractivity contribution is 5.84. The van der Waals surface area contributed by atoms with E-state index in [0.717, 1.165) is 32.1 Å². The normalized spacial score (nSPS) is 21.1. The van der Waals surface area contributed by atoms with Crippen molar-refractivity contribution in [3.05, 3.63) is 29.8 Å². The standard InChI is InChI=1S/C25H35F3N2O4/c1-24(2,3)30(23(32)33)19-12-8-14-29(16-19)22(31)21(17-9-5-4-6-10-17)18-11-7-13-20(15-18)34-25(26,27)28/h7,11,13,15,17,19,21H,4-6,8-10,12,14,16H2,1-3H3,(H,32,33)/t19-,21?/m1/s1. The molecule has 1 heterocycles. The van der Waals surface area contributed by atoms with Crippen molar-refractivity contribution in [2.24, 2.45) is 5.92 Å². The lowest BCUT2D eigenvalue weighted by molar-refractivity contribution is -0.274. The highest BCUT2D eigenvalue weighted by Gasteiger charge is 2.40. The predicted octanol–water partition coefficient (Wildman–Crippen LogP) is 6.02. The monoisotopic (exact) mass is 484 g/mol. The third-order valence-electron chi connectivity index (χ3n) is 6.84. The van der Waals surface area contributed by atoms with E-state index in [-0.39, 0.29) is 30.2 Å². The van der Waals surface area contributed by atoms with E-state index in [0.29, 0.717) is 24.9 Å². The molecule has 0 radical (unpaired) electrons. The number of rotatable bonds is 5. The molecule has 2 fully saturated rings. The van der Waals surface area contributed by atoms with E-state index in [9.17, 15) is 27.9 Å². The summed E-state index contributed by atoms with van der Waals surface area (Å²) in [6, 6.07) is 5.42. The molecule has 34 heavy (non-hydrogen) atoms. The number of hydrogen-bond donors (Lipinski definition) is 1. The van der Waals surface area contributed by atoms with E-state index in [1.54, 1.807) is 11.0 Å². The highest BCUT2D eigenvalue weighted by Crippen LogP contribution is 2.39.